The number of aldehydes is 1. The molecule has 0 saturated carbocycles. The molecule has 2 rings (SSSR count). The molecular weight excluding hydrogens is 311 g/mol. The van der Waals surface area contributed by atoms with E-state index in [9.17, 15) is 4.79 Å². The molecule has 0 fully saturated rings. The summed E-state index contributed by atoms with van der Waals surface area (Å²) in [7, 11) is 0. The third-order valence-corrected chi connectivity index (χ3v) is 5.31. The van der Waals surface area contributed by atoms with Gasteiger partial charge in [0.1, 0.15) is 0 Å². The number of aryl methyl sites for hydroxylation is 1. The van der Waals surface area contributed by atoms with Crippen LogP contribution in [0.15, 0.2) is 71.2 Å². The molecule has 0 aliphatic carbocycles. The van der Waals surface area contributed by atoms with Crippen LogP contribution < -0.4 is 4.46 Å². The van der Waals surface area contributed by atoms with Gasteiger partial charge in [0, 0.05) is 0 Å². The fraction of sp³-hybridized carbons (Fsp3) is 0.167. The summed E-state index contributed by atoms with van der Waals surface area (Å²) in [4.78, 5) is 10.8. The average Bonchev–Trinajstić information content (AvgIpc) is 2.49. The molecule has 102 valence electrons. The summed E-state index contributed by atoms with van der Waals surface area (Å²) in [6, 6.07) is 20.9. The van der Waals surface area contributed by atoms with Gasteiger partial charge < -0.3 is 0 Å². The van der Waals surface area contributed by atoms with Crippen LogP contribution in [0, 0.1) is 0 Å². The maximum atomic E-state index is 10.8. The Balaban J connectivity index is 1.87. The minimum atomic E-state index is 0.263. The van der Waals surface area contributed by atoms with Crippen molar-refractivity contribution in [2.24, 2.45) is 0 Å². The molecule has 0 amide bonds. The topological polar surface area (TPSA) is 17.1 Å². The van der Waals surface area contributed by atoms with E-state index in [1.807, 2.05) is 12.1 Å². The van der Waals surface area contributed by atoms with Gasteiger partial charge in [-0.05, 0) is 0 Å². The van der Waals surface area contributed by atoms with Gasteiger partial charge in [0.05, 0.1) is 0 Å². The number of allylic oxidation sites excluding steroid dienone is 2. The molecule has 0 aromatic heterocycles. The number of carbonyl (C=O) groups is 1. The van der Waals surface area contributed by atoms with Crippen molar-refractivity contribution in [1.82, 2.24) is 0 Å². The Morgan fingerprint density at radius 2 is 1.60 bits per heavy atom. The first-order chi connectivity index (χ1) is 9.88. The molecule has 0 aliphatic heterocycles. The second kappa shape index (κ2) is 8.52. The average molecular weight is 329 g/mol. The molecular formula is C18H18OSe. The van der Waals surface area contributed by atoms with Crippen LogP contribution in [-0.4, -0.2) is 21.2 Å². The van der Waals surface area contributed by atoms with Crippen LogP contribution in [-0.2, 0) is 11.2 Å². The zero-order valence-corrected chi connectivity index (χ0v) is 13.1. The Labute approximate surface area is 126 Å². The predicted octanol–water partition coefficient (Wildman–Crippen LogP) is 3.12. The molecule has 0 spiro atoms. The van der Waals surface area contributed by atoms with Crippen LogP contribution in [0.1, 0.15) is 18.4 Å². The first-order valence-electron chi connectivity index (χ1n) is 6.79. The summed E-state index contributed by atoms with van der Waals surface area (Å²) in [5, 5.41) is 0. The molecule has 20 heavy (non-hydrogen) atoms. The quantitative estimate of drug-likeness (QED) is 0.433. The Bertz CT molecular complexity index is 546. The summed E-state index contributed by atoms with van der Waals surface area (Å²) in [6.07, 6.45) is 5.84. The van der Waals surface area contributed by atoms with E-state index in [0.29, 0.717) is 0 Å². The summed E-state index contributed by atoms with van der Waals surface area (Å²) in [5.74, 6) is 0. The number of carbonyl (C=O) groups excluding carboxylic acids is 1. The molecule has 2 heteroatoms. The maximum absolute atomic E-state index is 10.8. The number of benzene rings is 2. The molecule has 0 N–H and O–H groups in total. The Morgan fingerprint density at radius 1 is 0.950 bits per heavy atom. The van der Waals surface area contributed by atoms with Crippen molar-refractivity contribution in [3.05, 3.63) is 76.8 Å². The first-order valence-corrected chi connectivity index (χ1v) is 8.51. The van der Waals surface area contributed by atoms with E-state index >= 15 is 0 Å². The Kier molecular flexibility index (Phi) is 6.29. The van der Waals surface area contributed by atoms with Gasteiger partial charge in [-0.2, -0.15) is 0 Å². The number of hydrogen-bond acceptors (Lipinski definition) is 1. The normalized spacial score (nSPS) is 11.3. The van der Waals surface area contributed by atoms with Gasteiger partial charge in [-0.15, -0.1) is 0 Å². The number of hydrogen-bond donors (Lipinski definition) is 0. The third-order valence-electron chi connectivity index (χ3n) is 2.98. The third kappa shape index (κ3) is 5.16. The van der Waals surface area contributed by atoms with Gasteiger partial charge in [0.25, 0.3) is 0 Å². The standard InChI is InChI=1S/C18H18OSe/c19-15-14-18(20-17-11-5-2-6-12-17)13-7-10-16-8-3-1-4-9-16/h1-6,8-9,11-12,14-15H,7,10,13H2/b18-14-. The summed E-state index contributed by atoms with van der Waals surface area (Å²) in [6.45, 7) is 0. The van der Waals surface area contributed by atoms with E-state index < -0.39 is 0 Å². The minimum absolute atomic E-state index is 0.263. The zero-order valence-electron chi connectivity index (χ0n) is 11.4. The molecule has 1 nitrogen and oxygen atoms in total. The predicted molar refractivity (Wildman–Crippen MR) is 85.4 cm³/mol. The van der Waals surface area contributed by atoms with Gasteiger partial charge in [-0.25, -0.2) is 0 Å². The molecule has 2 aromatic rings. The van der Waals surface area contributed by atoms with Gasteiger partial charge in [0.15, 0.2) is 0 Å². The fourth-order valence-electron chi connectivity index (χ4n) is 2.00. The molecule has 0 heterocycles. The molecule has 0 radical (unpaired) electrons. The van der Waals surface area contributed by atoms with Crippen molar-refractivity contribution in [3.8, 4) is 0 Å². The molecule has 0 bridgehead atoms. The molecule has 2 aromatic carbocycles. The SMILES string of the molecule is O=C/C=C(/CCCc1ccccc1)[Se]c1ccccc1. The summed E-state index contributed by atoms with van der Waals surface area (Å²) in [5.41, 5.74) is 1.37. The van der Waals surface area contributed by atoms with Crippen LogP contribution in [0.2, 0.25) is 0 Å². The van der Waals surface area contributed by atoms with E-state index in [1.54, 1.807) is 6.08 Å². The fourth-order valence-corrected chi connectivity index (χ4v) is 4.02. The van der Waals surface area contributed by atoms with Gasteiger partial charge >= 0.3 is 127 Å². The number of rotatable bonds is 7. The van der Waals surface area contributed by atoms with Gasteiger partial charge in [-0.1, -0.05) is 0 Å². The summed E-state index contributed by atoms with van der Waals surface area (Å²) < 4.78 is 2.60. The van der Waals surface area contributed by atoms with Crippen molar-refractivity contribution in [2.75, 3.05) is 0 Å². The zero-order chi connectivity index (χ0) is 14.0. The molecule has 0 aliphatic rings. The second-order valence-corrected chi connectivity index (χ2v) is 7.04. The van der Waals surface area contributed by atoms with E-state index in [-0.39, 0.29) is 15.0 Å². The summed E-state index contributed by atoms with van der Waals surface area (Å²) >= 11 is 0.263. The van der Waals surface area contributed by atoms with Crippen molar-refractivity contribution < 1.29 is 4.79 Å². The van der Waals surface area contributed by atoms with Crippen LogP contribution in [0.3, 0.4) is 0 Å². The van der Waals surface area contributed by atoms with Gasteiger partial charge in [0.2, 0.25) is 0 Å². The van der Waals surface area contributed by atoms with Crippen molar-refractivity contribution in [1.29, 1.82) is 0 Å². The second-order valence-electron chi connectivity index (χ2n) is 4.52. The van der Waals surface area contributed by atoms with Crippen molar-refractivity contribution in [3.63, 3.8) is 0 Å². The monoisotopic (exact) mass is 330 g/mol. The Hall–Kier alpha value is -1.63. The molecule has 0 atom stereocenters. The van der Waals surface area contributed by atoms with Crippen LogP contribution in [0.4, 0.5) is 0 Å². The molecule has 0 saturated heterocycles. The van der Waals surface area contributed by atoms with Crippen molar-refractivity contribution in [2.45, 2.75) is 19.3 Å². The van der Waals surface area contributed by atoms with Gasteiger partial charge in [-0.3, -0.25) is 0 Å². The van der Waals surface area contributed by atoms with Crippen molar-refractivity contribution >= 4 is 25.7 Å². The van der Waals surface area contributed by atoms with E-state index in [0.717, 1.165) is 25.5 Å². The van der Waals surface area contributed by atoms with Crippen LogP contribution in [0.5, 0.6) is 0 Å². The van der Waals surface area contributed by atoms with Crippen LogP contribution in [0.25, 0.3) is 0 Å². The van der Waals surface area contributed by atoms with Crippen LogP contribution >= 0.6 is 0 Å². The first kappa shape index (κ1) is 14.8. The Morgan fingerprint density at radius 3 is 2.25 bits per heavy atom. The van der Waals surface area contributed by atoms with E-state index in [1.165, 1.54) is 14.5 Å². The van der Waals surface area contributed by atoms with E-state index in [2.05, 4.69) is 48.5 Å². The molecule has 0 unspecified atom stereocenters. The van der Waals surface area contributed by atoms with E-state index in [4.69, 9.17) is 0 Å².